The average molecular weight is 314 g/mol. The minimum atomic E-state index is -0.193. The van der Waals surface area contributed by atoms with Crippen LogP contribution in [0.2, 0.25) is 0 Å². The first-order valence-electron chi connectivity index (χ1n) is 7.86. The van der Waals surface area contributed by atoms with Gasteiger partial charge in [0.1, 0.15) is 5.71 Å². The van der Waals surface area contributed by atoms with E-state index in [1.165, 1.54) is 4.57 Å². The Hall–Kier alpha value is -2.37. The SMILES string of the molecule is CC(N)=C1C(=NC2CC2)C(=O)N(c2cc(C)c(=O)n(C)c2)[C@@H]1C. The van der Waals surface area contributed by atoms with Crippen LogP contribution in [0, 0.1) is 6.92 Å². The van der Waals surface area contributed by atoms with Gasteiger partial charge in [0.05, 0.1) is 17.8 Å². The average Bonchev–Trinajstić information content (AvgIpc) is 3.23. The van der Waals surface area contributed by atoms with Gasteiger partial charge in [-0.05, 0) is 39.7 Å². The Bertz CT molecular complexity index is 769. The third-order valence-electron chi connectivity index (χ3n) is 4.39. The van der Waals surface area contributed by atoms with Crippen LogP contribution in [-0.2, 0) is 11.8 Å². The van der Waals surface area contributed by atoms with Gasteiger partial charge in [0, 0.05) is 30.1 Å². The fourth-order valence-electron chi connectivity index (χ4n) is 3.09. The number of aromatic nitrogens is 1. The first-order chi connectivity index (χ1) is 10.8. The summed E-state index contributed by atoms with van der Waals surface area (Å²) in [5.41, 5.74) is 9.16. The summed E-state index contributed by atoms with van der Waals surface area (Å²) in [7, 11) is 1.69. The van der Waals surface area contributed by atoms with Crippen molar-refractivity contribution in [3.8, 4) is 0 Å². The van der Waals surface area contributed by atoms with E-state index in [-0.39, 0.29) is 23.6 Å². The molecule has 0 aromatic carbocycles. The minimum Gasteiger partial charge on any atom is -0.402 e. The summed E-state index contributed by atoms with van der Waals surface area (Å²) in [6.45, 7) is 5.50. The lowest BCUT2D eigenvalue weighted by Crippen LogP contribution is -2.34. The largest absolute Gasteiger partial charge is 0.402 e. The molecule has 0 spiro atoms. The maximum atomic E-state index is 12.9. The van der Waals surface area contributed by atoms with Crippen molar-refractivity contribution in [1.82, 2.24) is 4.57 Å². The van der Waals surface area contributed by atoms with Crippen LogP contribution in [-0.4, -0.2) is 28.3 Å². The molecule has 0 radical (unpaired) electrons. The van der Waals surface area contributed by atoms with Crippen molar-refractivity contribution >= 4 is 17.3 Å². The molecule has 0 bridgehead atoms. The van der Waals surface area contributed by atoms with Crippen LogP contribution in [0.1, 0.15) is 32.3 Å². The monoisotopic (exact) mass is 314 g/mol. The number of nitrogens with zero attached hydrogens (tertiary/aromatic N) is 3. The molecule has 1 aliphatic carbocycles. The highest BCUT2D eigenvalue weighted by Gasteiger charge is 2.41. The zero-order valence-corrected chi connectivity index (χ0v) is 14.0. The van der Waals surface area contributed by atoms with E-state index in [1.54, 1.807) is 38.1 Å². The Labute approximate surface area is 135 Å². The van der Waals surface area contributed by atoms with Crippen LogP contribution in [0.4, 0.5) is 5.69 Å². The number of aryl methyl sites for hydroxylation is 2. The quantitative estimate of drug-likeness (QED) is 0.892. The number of hydrogen-bond donors (Lipinski definition) is 1. The van der Waals surface area contributed by atoms with E-state index in [4.69, 9.17) is 5.73 Å². The molecule has 2 heterocycles. The minimum absolute atomic E-state index is 0.0642. The number of pyridine rings is 1. The molecule has 122 valence electrons. The molecule has 1 saturated heterocycles. The second-order valence-corrected chi connectivity index (χ2v) is 6.45. The Kier molecular flexibility index (Phi) is 3.62. The molecule has 1 atom stereocenters. The predicted molar refractivity (Wildman–Crippen MR) is 90.7 cm³/mol. The molecule has 1 aromatic heterocycles. The lowest BCUT2D eigenvalue weighted by molar-refractivity contribution is -0.112. The summed E-state index contributed by atoms with van der Waals surface area (Å²) in [5.74, 6) is -0.137. The number of amides is 1. The summed E-state index contributed by atoms with van der Waals surface area (Å²) in [6, 6.07) is 1.81. The van der Waals surface area contributed by atoms with E-state index in [0.717, 1.165) is 18.4 Å². The third kappa shape index (κ3) is 2.58. The number of allylic oxidation sites excluding steroid dienone is 1. The molecular formula is C17H22N4O2. The number of nitrogens with two attached hydrogens (primary N) is 1. The third-order valence-corrected chi connectivity index (χ3v) is 4.39. The van der Waals surface area contributed by atoms with E-state index in [0.29, 0.717) is 22.7 Å². The van der Waals surface area contributed by atoms with Crippen LogP contribution >= 0.6 is 0 Å². The van der Waals surface area contributed by atoms with Gasteiger partial charge >= 0.3 is 0 Å². The maximum absolute atomic E-state index is 12.9. The van der Waals surface area contributed by atoms with Crippen LogP contribution in [0.3, 0.4) is 0 Å². The van der Waals surface area contributed by atoms with E-state index in [2.05, 4.69) is 4.99 Å². The first-order valence-corrected chi connectivity index (χ1v) is 7.86. The second kappa shape index (κ2) is 5.37. The predicted octanol–water partition coefficient (Wildman–Crippen LogP) is 1.26. The van der Waals surface area contributed by atoms with Gasteiger partial charge in [0.25, 0.3) is 11.5 Å². The molecule has 2 aliphatic rings. The number of hydrogen-bond acceptors (Lipinski definition) is 4. The van der Waals surface area contributed by atoms with E-state index >= 15 is 0 Å². The van der Waals surface area contributed by atoms with Crippen LogP contribution in [0.5, 0.6) is 0 Å². The number of carbonyl (C=O) groups excluding carboxylic acids is 1. The zero-order valence-electron chi connectivity index (χ0n) is 14.0. The van der Waals surface area contributed by atoms with Gasteiger partial charge in [-0.2, -0.15) is 0 Å². The van der Waals surface area contributed by atoms with Gasteiger partial charge in [-0.3, -0.25) is 19.5 Å². The molecule has 1 saturated carbocycles. The molecule has 23 heavy (non-hydrogen) atoms. The standard InChI is InChI=1S/C17H22N4O2/c1-9-7-13(8-20(4)16(9)22)21-11(3)14(10(2)18)15(17(21)23)19-12-5-6-12/h7-8,11-12H,5-6,18H2,1-4H3/t11-/m1/s1. The highest BCUT2D eigenvalue weighted by Crippen LogP contribution is 2.33. The van der Waals surface area contributed by atoms with Crippen molar-refractivity contribution in [3.63, 3.8) is 0 Å². The number of aliphatic imine (C=N–C) groups is 1. The van der Waals surface area contributed by atoms with Gasteiger partial charge in [0.15, 0.2) is 0 Å². The highest BCUT2D eigenvalue weighted by molar-refractivity contribution is 6.53. The Morgan fingerprint density at radius 3 is 2.52 bits per heavy atom. The highest BCUT2D eigenvalue weighted by atomic mass is 16.2. The van der Waals surface area contributed by atoms with E-state index < -0.39 is 0 Å². The molecule has 3 rings (SSSR count). The van der Waals surface area contributed by atoms with Crippen LogP contribution in [0.25, 0.3) is 0 Å². The topological polar surface area (TPSA) is 80.7 Å². The summed E-state index contributed by atoms with van der Waals surface area (Å²) >= 11 is 0. The Morgan fingerprint density at radius 1 is 1.35 bits per heavy atom. The fraction of sp³-hybridized carbons (Fsp3) is 0.471. The number of rotatable bonds is 2. The van der Waals surface area contributed by atoms with Gasteiger partial charge in [-0.1, -0.05) is 0 Å². The first kappa shape index (κ1) is 15.5. The Balaban J connectivity index is 2.12. The van der Waals surface area contributed by atoms with Crippen molar-refractivity contribution in [2.75, 3.05) is 4.90 Å². The van der Waals surface area contributed by atoms with E-state index in [1.807, 2.05) is 6.92 Å². The molecule has 6 nitrogen and oxygen atoms in total. The van der Waals surface area contributed by atoms with Gasteiger partial charge < -0.3 is 10.3 Å². The van der Waals surface area contributed by atoms with Crippen LogP contribution < -0.4 is 16.2 Å². The smallest absolute Gasteiger partial charge is 0.277 e. The fourth-order valence-corrected chi connectivity index (χ4v) is 3.09. The number of anilines is 1. The molecule has 6 heteroatoms. The molecule has 2 fully saturated rings. The molecule has 1 aliphatic heterocycles. The lowest BCUT2D eigenvalue weighted by Gasteiger charge is -2.22. The van der Waals surface area contributed by atoms with Crippen molar-refractivity contribution < 1.29 is 4.79 Å². The maximum Gasteiger partial charge on any atom is 0.277 e. The summed E-state index contributed by atoms with van der Waals surface area (Å²) in [5, 5.41) is 0. The Morgan fingerprint density at radius 2 is 2.00 bits per heavy atom. The molecule has 0 unspecified atom stereocenters. The number of carbonyl (C=O) groups is 1. The van der Waals surface area contributed by atoms with Crippen molar-refractivity contribution in [1.29, 1.82) is 0 Å². The van der Waals surface area contributed by atoms with Crippen molar-refractivity contribution in [3.05, 3.63) is 39.5 Å². The summed E-state index contributed by atoms with van der Waals surface area (Å²) in [4.78, 5) is 31.1. The van der Waals surface area contributed by atoms with Gasteiger partial charge in [-0.15, -0.1) is 0 Å². The molecule has 1 amide bonds. The van der Waals surface area contributed by atoms with E-state index in [9.17, 15) is 9.59 Å². The normalized spacial score (nSPS) is 25.4. The van der Waals surface area contributed by atoms with Gasteiger partial charge in [0.2, 0.25) is 0 Å². The van der Waals surface area contributed by atoms with Crippen molar-refractivity contribution in [2.24, 2.45) is 17.8 Å². The summed E-state index contributed by atoms with van der Waals surface area (Å²) < 4.78 is 1.50. The van der Waals surface area contributed by atoms with Crippen molar-refractivity contribution in [2.45, 2.75) is 45.7 Å². The molecule has 2 N–H and O–H groups in total. The second-order valence-electron chi connectivity index (χ2n) is 6.45. The zero-order chi connectivity index (χ0) is 16.9. The van der Waals surface area contributed by atoms with Crippen LogP contribution in [0.15, 0.2) is 33.3 Å². The summed E-state index contributed by atoms with van der Waals surface area (Å²) in [6.07, 6.45) is 3.75. The van der Waals surface area contributed by atoms with Gasteiger partial charge in [-0.25, -0.2) is 0 Å². The molecule has 1 aromatic rings. The lowest BCUT2D eigenvalue weighted by atomic mass is 10.1. The molecular weight excluding hydrogens is 292 g/mol.